The standard InChI is InChI=1S/C23H27N3O2S/c1-16(27)26-13-11-23(12-14-26)24-20(17-7-9-18(29-2)10-8-17)15-21(25-23)19-5-3-4-6-22(19)28/h3-10,21,25,28H,11-15H2,1-2H3. The minimum absolute atomic E-state index is 0.0206. The number of phenolic OH excluding ortho intramolecular Hbond substituents is 1. The summed E-state index contributed by atoms with van der Waals surface area (Å²) in [6.07, 6.45) is 4.32. The number of likely N-dealkylation sites (tertiary alicyclic amines) is 1. The zero-order valence-electron chi connectivity index (χ0n) is 16.9. The van der Waals surface area contributed by atoms with Crippen LogP contribution in [0.1, 0.15) is 43.4 Å². The lowest BCUT2D eigenvalue weighted by molar-refractivity contribution is -0.130. The van der Waals surface area contributed by atoms with Crippen molar-refractivity contribution in [1.82, 2.24) is 10.2 Å². The quantitative estimate of drug-likeness (QED) is 0.753. The van der Waals surface area contributed by atoms with E-state index in [-0.39, 0.29) is 11.9 Å². The van der Waals surface area contributed by atoms with E-state index in [1.165, 1.54) is 4.90 Å². The van der Waals surface area contributed by atoms with E-state index in [1.54, 1.807) is 24.8 Å². The van der Waals surface area contributed by atoms with Gasteiger partial charge in [0.2, 0.25) is 5.91 Å². The molecule has 0 bridgehead atoms. The Morgan fingerprint density at radius 1 is 1.17 bits per heavy atom. The second-order valence-electron chi connectivity index (χ2n) is 7.78. The number of hydrogen-bond donors (Lipinski definition) is 2. The lowest BCUT2D eigenvalue weighted by Gasteiger charge is -2.45. The van der Waals surface area contributed by atoms with Gasteiger partial charge in [0.1, 0.15) is 11.4 Å². The molecule has 4 rings (SSSR count). The number of rotatable bonds is 3. The van der Waals surface area contributed by atoms with Crippen LogP contribution in [0.15, 0.2) is 58.4 Å². The molecule has 2 aromatic carbocycles. The van der Waals surface area contributed by atoms with E-state index in [2.05, 4.69) is 35.8 Å². The van der Waals surface area contributed by atoms with Gasteiger partial charge < -0.3 is 10.0 Å². The fourth-order valence-electron chi connectivity index (χ4n) is 4.29. The van der Waals surface area contributed by atoms with Crippen molar-refractivity contribution < 1.29 is 9.90 Å². The summed E-state index contributed by atoms with van der Waals surface area (Å²) in [7, 11) is 0. The predicted molar refractivity (Wildman–Crippen MR) is 118 cm³/mol. The molecule has 0 aromatic heterocycles. The third-order valence-corrected chi connectivity index (χ3v) is 6.70. The highest BCUT2D eigenvalue weighted by atomic mass is 32.2. The van der Waals surface area contributed by atoms with E-state index >= 15 is 0 Å². The summed E-state index contributed by atoms with van der Waals surface area (Å²) >= 11 is 1.73. The molecule has 152 valence electrons. The largest absolute Gasteiger partial charge is 0.508 e. The van der Waals surface area contributed by atoms with Crippen LogP contribution >= 0.6 is 11.8 Å². The average molecular weight is 410 g/mol. The minimum Gasteiger partial charge on any atom is -0.508 e. The number of piperidine rings is 1. The van der Waals surface area contributed by atoms with Crippen molar-refractivity contribution in [3.05, 3.63) is 59.7 Å². The van der Waals surface area contributed by atoms with Gasteiger partial charge in [-0.3, -0.25) is 15.1 Å². The number of carbonyl (C=O) groups excluding carboxylic acids is 1. The zero-order chi connectivity index (χ0) is 20.4. The Bertz CT molecular complexity index is 918. The molecule has 2 aliphatic heterocycles. The van der Waals surface area contributed by atoms with Crippen LogP contribution in [-0.4, -0.2) is 46.6 Å². The summed E-state index contributed by atoms with van der Waals surface area (Å²) in [5.41, 5.74) is 2.66. The molecule has 0 aliphatic carbocycles. The van der Waals surface area contributed by atoms with Crippen molar-refractivity contribution in [3.8, 4) is 5.75 Å². The fraction of sp³-hybridized carbons (Fsp3) is 0.391. The molecule has 1 spiro atoms. The van der Waals surface area contributed by atoms with Crippen LogP contribution in [0.3, 0.4) is 0 Å². The van der Waals surface area contributed by atoms with Crippen LogP contribution in [0.5, 0.6) is 5.75 Å². The van der Waals surface area contributed by atoms with Crippen LogP contribution in [0.2, 0.25) is 0 Å². The zero-order valence-corrected chi connectivity index (χ0v) is 17.7. The highest BCUT2D eigenvalue weighted by Crippen LogP contribution is 2.37. The summed E-state index contributed by atoms with van der Waals surface area (Å²) in [5.74, 6) is 0.421. The van der Waals surface area contributed by atoms with Crippen molar-refractivity contribution >= 4 is 23.4 Å². The Morgan fingerprint density at radius 2 is 1.86 bits per heavy atom. The smallest absolute Gasteiger partial charge is 0.219 e. The summed E-state index contributed by atoms with van der Waals surface area (Å²) in [6.45, 7) is 3.01. The number of thioether (sulfide) groups is 1. The highest BCUT2D eigenvalue weighted by Gasteiger charge is 2.40. The molecular weight excluding hydrogens is 382 g/mol. The van der Waals surface area contributed by atoms with Crippen molar-refractivity contribution in [3.63, 3.8) is 0 Å². The highest BCUT2D eigenvalue weighted by molar-refractivity contribution is 7.98. The number of aromatic hydroxyl groups is 1. The number of para-hydroxylation sites is 1. The van der Waals surface area contributed by atoms with Gasteiger partial charge in [0.25, 0.3) is 0 Å². The van der Waals surface area contributed by atoms with Crippen LogP contribution < -0.4 is 5.32 Å². The Balaban J connectivity index is 1.69. The van der Waals surface area contributed by atoms with Crippen LogP contribution in [0.25, 0.3) is 0 Å². The van der Waals surface area contributed by atoms with Gasteiger partial charge in [0, 0.05) is 61.5 Å². The first-order valence-electron chi connectivity index (χ1n) is 10.0. The molecule has 29 heavy (non-hydrogen) atoms. The molecule has 0 radical (unpaired) electrons. The monoisotopic (exact) mass is 409 g/mol. The van der Waals surface area contributed by atoms with Gasteiger partial charge >= 0.3 is 0 Å². The maximum atomic E-state index is 11.8. The van der Waals surface area contributed by atoms with Gasteiger partial charge in [-0.15, -0.1) is 11.8 Å². The summed E-state index contributed by atoms with van der Waals surface area (Å²) in [6, 6.07) is 16.0. The number of nitrogens with one attached hydrogen (secondary N) is 1. The lowest BCUT2D eigenvalue weighted by atomic mass is 9.87. The second-order valence-corrected chi connectivity index (χ2v) is 8.66. The first-order valence-corrected chi connectivity index (χ1v) is 11.3. The molecule has 6 heteroatoms. The molecule has 0 saturated carbocycles. The Kier molecular flexibility index (Phi) is 5.65. The van der Waals surface area contributed by atoms with Crippen LogP contribution in [0.4, 0.5) is 0 Å². The number of benzene rings is 2. The molecular formula is C23H27N3O2S. The molecule has 2 N–H and O–H groups in total. The van der Waals surface area contributed by atoms with E-state index in [9.17, 15) is 9.90 Å². The topological polar surface area (TPSA) is 64.9 Å². The van der Waals surface area contributed by atoms with Gasteiger partial charge in [-0.2, -0.15) is 0 Å². The van der Waals surface area contributed by atoms with E-state index in [0.717, 1.165) is 29.7 Å². The number of amides is 1. The van der Waals surface area contributed by atoms with Gasteiger partial charge in [0.05, 0.1) is 0 Å². The molecule has 2 aliphatic rings. The number of hydrogen-bond acceptors (Lipinski definition) is 5. The third kappa shape index (κ3) is 4.19. The van der Waals surface area contributed by atoms with Crippen LogP contribution in [0, 0.1) is 0 Å². The molecule has 1 saturated heterocycles. The van der Waals surface area contributed by atoms with Gasteiger partial charge in [-0.05, 0) is 30.0 Å². The van der Waals surface area contributed by atoms with Gasteiger partial charge in [0.15, 0.2) is 0 Å². The summed E-state index contributed by atoms with van der Waals surface area (Å²) < 4.78 is 0. The van der Waals surface area contributed by atoms with Gasteiger partial charge in [-0.1, -0.05) is 30.3 Å². The SMILES string of the molecule is CSc1ccc(C2=NC3(CCN(C(C)=O)CC3)NC(c3ccccc3O)C2)cc1. The molecule has 1 unspecified atom stereocenters. The predicted octanol–water partition coefficient (Wildman–Crippen LogP) is 3.98. The average Bonchev–Trinajstić information content (AvgIpc) is 2.74. The first-order chi connectivity index (χ1) is 14.0. The van der Waals surface area contributed by atoms with E-state index < -0.39 is 5.66 Å². The second kappa shape index (κ2) is 8.20. The Morgan fingerprint density at radius 3 is 2.48 bits per heavy atom. The maximum Gasteiger partial charge on any atom is 0.219 e. The normalized spacial score (nSPS) is 21.1. The third-order valence-electron chi connectivity index (χ3n) is 5.96. The molecule has 1 atom stereocenters. The molecule has 2 aromatic rings. The van der Waals surface area contributed by atoms with Crippen molar-refractivity contribution in [1.29, 1.82) is 0 Å². The Labute approximate surface area is 176 Å². The molecule has 2 heterocycles. The lowest BCUT2D eigenvalue weighted by Crippen LogP contribution is -2.56. The Hall–Kier alpha value is -2.31. The summed E-state index contributed by atoms with van der Waals surface area (Å²) in [4.78, 5) is 20.1. The number of phenols is 1. The molecule has 5 nitrogen and oxygen atoms in total. The first kappa shape index (κ1) is 20.0. The number of nitrogens with zero attached hydrogens (tertiary/aromatic N) is 2. The maximum absolute atomic E-state index is 11.8. The van der Waals surface area contributed by atoms with E-state index in [4.69, 9.17) is 4.99 Å². The van der Waals surface area contributed by atoms with E-state index in [1.807, 2.05) is 23.1 Å². The molecule has 1 amide bonds. The van der Waals surface area contributed by atoms with E-state index in [0.29, 0.717) is 25.3 Å². The van der Waals surface area contributed by atoms with Crippen LogP contribution in [-0.2, 0) is 4.79 Å². The number of aliphatic imine (C=N–C) groups is 1. The fourth-order valence-corrected chi connectivity index (χ4v) is 4.70. The van der Waals surface area contributed by atoms with Crippen molar-refractivity contribution in [2.24, 2.45) is 4.99 Å². The number of carbonyl (C=O) groups is 1. The minimum atomic E-state index is -0.412. The van der Waals surface area contributed by atoms with Crippen molar-refractivity contribution in [2.75, 3.05) is 19.3 Å². The molecule has 1 fully saturated rings. The summed E-state index contributed by atoms with van der Waals surface area (Å²) in [5, 5.41) is 14.2. The van der Waals surface area contributed by atoms with Crippen molar-refractivity contribution in [2.45, 2.75) is 42.8 Å². The van der Waals surface area contributed by atoms with Gasteiger partial charge in [-0.25, -0.2) is 0 Å².